The van der Waals surface area contributed by atoms with Crippen molar-refractivity contribution in [3.8, 4) is 0 Å². The zero-order valence-electron chi connectivity index (χ0n) is 14.8. The molecule has 0 spiro atoms. The Hall–Kier alpha value is -3.41. The molecule has 0 saturated heterocycles. The van der Waals surface area contributed by atoms with Crippen LogP contribution in [0.15, 0.2) is 61.4 Å². The Balaban J connectivity index is 1.80. The number of nitrogens with one attached hydrogen (secondary N) is 2. The van der Waals surface area contributed by atoms with Gasteiger partial charge in [0.1, 0.15) is 0 Å². The lowest BCUT2D eigenvalue weighted by atomic mass is 10.2. The van der Waals surface area contributed by atoms with E-state index in [1.54, 1.807) is 30.5 Å². The lowest BCUT2D eigenvalue weighted by Gasteiger charge is -2.11. The molecule has 0 aliphatic heterocycles. The summed E-state index contributed by atoms with van der Waals surface area (Å²) in [6.45, 7) is 7.11. The Morgan fingerprint density at radius 2 is 1.69 bits per heavy atom. The molecule has 2 N–H and O–H groups in total. The van der Waals surface area contributed by atoms with E-state index < -0.39 is 6.04 Å². The first-order valence-corrected chi connectivity index (χ1v) is 8.31. The minimum Gasteiger partial charge on any atom is -0.326 e. The Morgan fingerprint density at radius 3 is 2.31 bits per heavy atom. The number of nitrogens with zero attached hydrogens (tertiary/aromatic N) is 2. The van der Waals surface area contributed by atoms with Gasteiger partial charge in [0.25, 0.3) is 5.91 Å². The normalized spacial score (nSPS) is 11.8. The molecule has 3 aromatic rings. The predicted molar refractivity (Wildman–Crippen MR) is 103 cm³/mol. The molecule has 1 heterocycles. The summed E-state index contributed by atoms with van der Waals surface area (Å²) in [5, 5.41) is 5.60. The monoisotopic (exact) mass is 349 g/mol. The SMILES string of the molecule is C=Cn1c[n+]([C@@H](C)C(=O)Nc2ccc(NC(C)=O)cc2)c2ccccc21. The van der Waals surface area contributed by atoms with Gasteiger partial charge in [0, 0.05) is 18.3 Å². The second-order valence-corrected chi connectivity index (χ2v) is 6.03. The minimum atomic E-state index is -0.406. The van der Waals surface area contributed by atoms with Crippen LogP contribution >= 0.6 is 0 Å². The van der Waals surface area contributed by atoms with Crippen molar-refractivity contribution in [2.45, 2.75) is 19.9 Å². The van der Waals surface area contributed by atoms with Gasteiger partial charge in [-0.3, -0.25) is 9.59 Å². The van der Waals surface area contributed by atoms with Gasteiger partial charge < -0.3 is 10.6 Å². The smallest absolute Gasteiger partial charge is 0.269 e. The molecule has 1 atom stereocenters. The number of imidazole rings is 1. The van der Waals surface area contributed by atoms with Crippen LogP contribution in [0, 0.1) is 0 Å². The van der Waals surface area contributed by atoms with Crippen LogP contribution in [0.4, 0.5) is 11.4 Å². The molecule has 0 bridgehead atoms. The summed E-state index contributed by atoms with van der Waals surface area (Å²) in [4.78, 5) is 23.7. The van der Waals surface area contributed by atoms with Gasteiger partial charge in [-0.05, 0) is 43.3 Å². The highest BCUT2D eigenvalue weighted by atomic mass is 16.2. The fourth-order valence-corrected chi connectivity index (χ4v) is 2.83. The first kappa shape index (κ1) is 17.4. The van der Waals surface area contributed by atoms with Crippen LogP contribution in [-0.4, -0.2) is 16.4 Å². The van der Waals surface area contributed by atoms with Crippen molar-refractivity contribution < 1.29 is 14.2 Å². The molecular formula is C20H21N4O2+. The molecule has 26 heavy (non-hydrogen) atoms. The van der Waals surface area contributed by atoms with Gasteiger partial charge in [-0.25, -0.2) is 9.13 Å². The maximum Gasteiger partial charge on any atom is 0.269 e. The van der Waals surface area contributed by atoms with Gasteiger partial charge in [0.15, 0.2) is 17.1 Å². The minimum absolute atomic E-state index is 0.130. The molecule has 6 nitrogen and oxygen atoms in total. The summed E-state index contributed by atoms with van der Waals surface area (Å²) in [7, 11) is 0. The van der Waals surface area contributed by atoms with Crippen LogP contribution in [-0.2, 0) is 9.59 Å². The summed E-state index contributed by atoms with van der Waals surface area (Å²) in [5.41, 5.74) is 3.30. The largest absolute Gasteiger partial charge is 0.326 e. The number of hydrogen-bond acceptors (Lipinski definition) is 2. The van der Waals surface area contributed by atoms with Crippen molar-refractivity contribution >= 4 is 40.4 Å². The molecule has 6 heteroatoms. The van der Waals surface area contributed by atoms with Crippen molar-refractivity contribution in [2.24, 2.45) is 0 Å². The molecule has 3 rings (SSSR count). The number of aromatic nitrogens is 2. The quantitative estimate of drug-likeness (QED) is 0.695. The Morgan fingerprint density at radius 1 is 1.08 bits per heavy atom. The van der Waals surface area contributed by atoms with E-state index in [1.807, 2.05) is 46.7 Å². The van der Waals surface area contributed by atoms with E-state index in [-0.39, 0.29) is 11.8 Å². The first-order valence-electron chi connectivity index (χ1n) is 8.31. The third-order valence-electron chi connectivity index (χ3n) is 4.15. The predicted octanol–water partition coefficient (Wildman–Crippen LogP) is 3.19. The van der Waals surface area contributed by atoms with E-state index in [0.29, 0.717) is 11.4 Å². The van der Waals surface area contributed by atoms with Crippen molar-refractivity contribution in [3.05, 3.63) is 61.4 Å². The number of fused-ring (bicyclic) bond motifs is 1. The van der Waals surface area contributed by atoms with Crippen LogP contribution in [0.5, 0.6) is 0 Å². The lowest BCUT2D eigenvalue weighted by Crippen LogP contribution is -2.43. The molecule has 0 radical (unpaired) electrons. The van der Waals surface area contributed by atoms with Crippen LogP contribution in [0.3, 0.4) is 0 Å². The molecule has 0 unspecified atom stereocenters. The zero-order valence-corrected chi connectivity index (χ0v) is 14.8. The number of hydrogen-bond donors (Lipinski definition) is 2. The van der Waals surface area contributed by atoms with Gasteiger partial charge in [0.05, 0.1) is 6.20 Å². The molecular weight excluding hydrogens is 328 g/mol. The van der Waals surface area contributed by atoms with Crippen molar-refractivity contribution in [2.75, 3.05) is 10.6 Å². The first-order chi connectivity index (χ1) is 12.5. The molecule has 0 fully saturated rings. The fraction of sp³-hybridized carbons (Fsp3) is 0.150. The molecule has 2 aromatic carbocycles. The Labute approximate surface area is 151 Å². The van der Waals surface area contributed by atoms with Crippen LogP contribution in [0.2, 0.25) is 0 Å². The highest BCUT2D eigenvalue weighted by Gasteiger charge is 2.24. The van der Waals surface area contributed by atoms with E-state index in [0.717, 1.165) is 11.0 Å². The summed E-state index contributed by atoms with van der Waals surface area (Å²) < 4.78 is 3.80. The van der Waals surface area contributed by atoms with Crippen molar-refractivity contribution in [3.63, 3.8) is 0 Å². The third kappa shape index (κ3) is 3.49. The number of para-hydroxylation sites is 2. The van der Waals surface area contributed by atoms with E-state index in [4.69, 9.17) is 0 Å². The summed E-state index contributed by atoms with van der Waals surface area (Å²) in [6, 6.07) is 14.5. The fourth-order valence-electron chi connectivity index (χ4n) is 2.83. The highest BCUT2D eigenvalue weighted by Crippen LogP contribution is 2.16. The summed E-state index contributed by atoms with van der Waals surface area (Å²) >= 11 is 0. The van der Waals surface area contributed by atoms with E-state index in [2.05, 4.69) is 17.2 Å². The van der Waals surface area contributed by atoms with E-state index >= 15 is 0 Å². The van der Waals surface area contributed by atoms with Gasteiger partial charge in [-0.2, -0.15) is 0 Å². The number of carbonyl (C=O) groups excluding carboxylic acids is 2. The molecule has 132 valence electrons. The Kier molecular flexibility index (Phi) is 4.84. The molecule has 0 aliphatic carbocycles. The summed E-state index contributed by atoms with van der Waals surface area (Å²) in [5.74, 6) is -0.264. The zero-order chi connectivity index (χ0) is 18.7. The van der Waals surface area contributed by atoms with E-state index in [1.165, 1.54) is 6.92 Å². The average Bonchev–Trinajstić information content (AvgIpc) is 3.01. The van der Waals surface area contributed by atoms with Crippen molar-refractivity contribution in [1.29, 1.82) is 0 Å². The average molecular weight is 349 g/mol. The van der Waals surface area contributed by atoms with Crippen LogP contribution < -0.4 is 15.2 Å². The van der Waals surface area contributed by atoms with Crippen molar-refractivity contribution in [1.82, 2.24) is 4.57 Å². The second kappa shape index (κ2) is 7.23. The maximum absolute atomic E-state index is 12.7. The number of amides is 2. The topological polar surface area (TPSA) is 67.0 Å². The van der Waals surface area contributed by atoms with Gasteiger partial charge in [-0.1, -0.05) is 18.7 Å². The van der Waals surface area contributed by atoms with Gasteiger partial charge >= 0.3 is 0 Å². The van der Waals surface area contributed by atoms with Crippen LogP contribution in [0.25, 0.3) is 17.2 Å². The standard InChI is InChI=1S/C20H20N4O2/c1-4-23-13-24(19-8-6-5-7-18(19)23)14(2)20(26)22-17-11-9-16(10-12-17)21-15(3)25/h4-14H,1H2,2-3H3,(H-,21,22,25,26)/p+1/t14-/m0/s1. The maximum atomic E-state index is 12.7. The van der Waals surface area contributed by atoms with E-state index in [9.17, 15) is 9.59 Å². The molecule has 0 aliphatic rings. The second-order valence-electron chi connectivity index (χ2n) is 6.03. The number of rotatable bonds is 5. The highest BCUT2D eigenvalue weighted by molar-refractivity contribution is 5.93. The van der Waals surface area contributed by atoms with Gasteiger partial charge in [-0.15, -0.1) is 0 Å². The molecule has 1 aromatic heterocycles. The van der Waals surface area contributed by atoms with Gasteiger partial charge in [0.2, 0.25) is 12.2 Å². The lowest BCUT2D eigenvalue weighted by molar-refractivity contribution is -0.680. The molecule has 2 amide bonds. The number of carbonyl (C=O) groups is 2. The number of anilines is 2. The third-order valence-corrected chi connectivity index (χ3v) is 4.15. The number of benzene rings is 2. The summed E-state index contributed by atoms with van der Waals surface area (Å²) in [6.07, 6.45) is 3.58. The molecule has 0 saturated carbocycles. The Bertz CT molecular complexity index is 973. The van der Waals surface area contributed by atoms with Crippen LogP contribution in [0.1, 0.15) is 19.9 Å².